The molecule has 0 unspecified atom stereocenters. The van der Waals surface area contributed by atoms with Gasteiger partial charge in [0, 0.05) is 32.1 Å². The number of benzene rings is 1. The first-order valence-electron chi connectivity index (χ1n) is 9.62. The Kier molecular flexibility index (Phi) is 5.94. The highest BCUT2D eigenvalue weighted by molar-refractivity contribution is 6.05. The van der Waals surface area contributed by atoms with Crippen LogP contribution in [0.4, 0.5) is 5.69 Å². The predicted octanol–water partition coefficient (Wildman–Crippen LogP) is 2.59. The lowest BCUT2D eigenvalue weighted by Crippen LogP contribution is -2.41. The topological polar surface area (TPSA) is 69.7 Å². The van der Waals surface area contributed by atoms with Gasteiger partial charge >= 0.3 is 0 Å². The molecule has 0 aromatic heterocycles. The molecule has 0 atom stereocenters. The summed E-state index contributed by atoms with van der Waals surface area (Å²) < 4.78 is 0. The standard InChI is InChI=1S/C21H27N3O3/c1-3-18(25)23-13-9-16(10-14-23)20(26)22-17-8-6-7-15(2)19(17)21(27)24-11-4-5-12-24/h3,6-8,16H,1,4-5,9-14H2,2H3,(H,22,26). The molecule has 0 spiro atoms. The average Bonchev–Trinajstić information content (AvgIpc) is 3.22. The highest BCUT2D eigenvalue weighted by Gasteiger charge is 2.28. The summed E-state index contributed by atoms with van der Waals surface area (Å²) in [5.74, 6) is -0.339. The van der Waals surface area contributed by atoms with Crippen LogP contribution < -0.4 is 5.32 Å². The van der Waals surface area contributed by atoms with E-state index in [9.17, 15) is 14.4 Å². The van der Waals surface area contributed by atoms with Gasteiger partial charge in [-0.15, -0.1) is 0 Å². The quantitative estimate of drug-likeness (QED) is 0.830. The summed E-state index contributed by atoms with van der Waals surface area (Å²) >= 11 is 0. The van der Waals surface area contributed by atoms with Gasteiger partial charge in [-0.25, -0.2) is 0 Å². The summed E-state index contributed by atoms with van der Waals surface area (Å²) in [6.07, 6.45) is 4.60. The summed E-state index contributed by atoms with van der Waals surface area (Å²) in [6, 6.07) is 5.56. The first kappa shape index (κ1) is 19.1. The predicted molar refractivity (Wildman–Crippen MR) is 104 cm³/mol. The van der Waals surface area contributed by atoms with Gasteiger partial charge in [0.05, 0.1) is 11.3 Å². The molecule has 1 aromatic rings. The molecule has 1 aromatic carbocycles. The number of carbonyl (C=O) groups excluding carboxylic acids is 3. The number of nitrogens with one attached hydrogen (secondary N) is 1. The van der Waals surface area contributed by atoms with Gasteiger partial charge in [0.15, 0.2) is 0 Å². The largest absolute Gasteiger partial charge is 0.339 e. The second-order valence-corrected chi connectivity index (χ2v) is 7.29. The van der Waals surface area contributed by atoms with Gasteiger partial charge in [-0.1, -0.05) is 18.7 Å². The zero-order valence-electron chi connectivity index (χ0n) is 15.9. The maximum atomic E-state index is 12.9. The zero-order valence-corrected chi connectivity index (χ0v) is 15.9. The van der Waals surface area contributed by atoms with Gasteiger partial charge in [-0.3, -0.25) is 14.4 Å². The van der Waals surface area contributed by atoms with Crippen LogP contribution in [-0.2, 0) is 9.59 Å². The van der Waals surface area contributed by atoms with Crippen molar-refractivity contribution in [3.05, 3.63) is 42.0 Å². The van der Waals surface area contributed by atoms with Crippen LogP contribution in [0.2, 0.25) is 0 Å². The maximum Gasteiger partial charge on any atom is 0.256 e. The highest BCUT2D eigenvalue weighted by Crippen LogP contribution is 2.26. The fraction of sp³-hybridized carbons (Fsp3) is 0.476. The molecule has 2 aliphatic rings. The van der Waals surface area contributed by atoms with E-state index in [1.54, 1.807) is 11.0 Å². The lowest BCUT2D eigenvalue weighted by molar-refractivity contribution is -0.130. The Labute approximate surface area is 160 Å². The van der Waals surface area contributed by atoms with E-state index in [1.165, 1.54) is 6.08 Å². The van der Waals surface area contributed by atoms with Crippen LogP contribution in [0.5, 0.6) is 0 Å². The molecule has 0 saturated carbocycles. The van der Waals surface area contributed by atoms with Crippen molar-refractivity contribution >= 4 is 23.4 Å². The van der Waals surface area contributed by atoms with E-state index in [0.29, 0.717) is 37.2 Å². The number of hydrogen-bond donors (Lipinski definition) is 1. The van der Waals surface area contributed by atoms with Gasteiger partial charge in [0.2, 0.25) is 11.8 Å². The second kappa shape index (κ2) is 8.37. The monoisotopic (exact) mass is 369 g/mol. The molecule has 2 aliphatic heterocycles. The van der Waals surface area contributed by atoms with Crippen LogP contribution in [0.1, 0.15) is 41.6 Å². The Morgan fingerprint density at radius 1 is 1.07 bits per heavy atom. The number of amides is 3. The van der Waals surface area contributed by atoms with Crippen molar-refractivity contribution in [1.29, 1.82) is 0 Å². The first-order chi connectivity index (χ1) is 13.0. The Balaban J connectivity index is 1.69. The minimum Gasteiger partial charge on any atom is -0.339 e. The Hall–Kier alpha value is -2.63. The molecule has 3 amide bonds. The van der Waals surface area contributed by atoms with Crippen LogP contribution in [-0.4, -0.2) is 53.7 Å². The minimum absolute atomic E-state index is 0.00713. The lowest BCUT2D eigenvalue weighted by Gasteiger charge is -2.30. The molecule has 1 N–H and O–H groups in total. The summed E-state index contributed by atoms with van der Waals surface area (Å²) in [4.78, 5) is 40.9. The molecule has 2 heterocycles. The molecule has 2 saturated heterocycles. The van der Waals surface area contributed by atoms with Crippen LogP contribution >= 0.6 is 0 Å². The number of aryl methyl sites for hydroxylation is 1. The summed E-state index contributed by atoms with van der Waals surface area (Å²) in [6.45, 7) is 8.06. The van der Waals surface area contributed by atoms with Gasteiger partial charge in [-0.05, 0) is 50.3 Å². The lowest BCUT2D eigenvalue weighted by atomic mass is 9.95. The molecule has 0 bridgehead atoms. The zero-order chi connectivity index (χ0) is 19.4. The number of piperidine rings is 1. The molecule has 3 rings (SSSR count). The average molecular weight is 369 g/mol. The molecule has 0 aliphatic carbocycles. The molecule has 6 nitrogen and oxygen atoms in total. The molecule has 144 valence electrons. The third-order valence-electron chi connectivity index (χ3n) is 5.49. The van der Waals surface area contributed by atoms with Crippen LogP contribution in [0.25, 0.3) is 0 Å². The van der Waals surface area contributed by atoms with E-state index in [4.69, 9.17) is 0 Å². The van der Waals surface area contributed by atoms with E-state index in [1.807, 2.05) is 24.0 Å². The molecule has 27 heavy (non-hydrogen) atoms. The van der Waals surface area contributed by atoms with Crippen molar-refractivity contribution in [2.45, 2.75) is 32.6 Å². The number of carbonyl (C=O) groups is 3. The van der Waals surface area contributed by atoms with Crippen molar-refractivity contribution in [2.75, 3.05) is 31.5 Å². The van der Waals surface area contributed by atoms with Crippen molar-refractivity contribution in [1.82, 2.24) is 9.80 Å². The maximum absolute atomic E-state index is 12.9. The number of likely N-dealkylation sites (tertiary alicyclic amines) is 2. The van der Waals surface area contributed by atoms with E-state index >= 15 is 0 Å². The second-order valence-electron chi connectivity index (χ2n) is 7.29. The SMILES string of the molecule is C=CC(=O)N1CCC(C(=O)Nc2cccc(C)c2C(=O)N2CCCC2)CC1. The van der Waals surface area contributed by atoms with Gasteiger partial charge in [-0.2, -0.15) is 0 Å². The van der Waals surface area contributed by atoms with Crippen molar-refractivity contribution in [2.24, 2.45) is 5.92 Å². The molecule has 2 fully saturated rings. The summed E-state index contributed by atoms with van der Waals surface area (Å²) in [7, 11) is 0. The summed E-state index contributed by atoms with van der Waals surface area (Å²) in [5.41, 5.74) is 2.05. The van der Waals surface area contributed by atoms with E-state index in [2.05, 4.69) is 11.9 Å². The fourth-order valence-electron chi connectivity index (χ4n) is 3.86. The van der Waals surface area contributed by atoms with Crippen LogP contribution in [0, 0.1) is 12.8 Å². The smallest absolute Gasteiger partial charge is 0.256 e. The third-order valence-corrected chi connectivity index (χ3v) is 5.49. The number of anilines is 1. The molecular formula is C21H27N3O3. The normalized spacial score (nSPS) is 17.7. The Bertz CT molecular complexity index is 745. The van der Waals surface area contributed by atoms with Gasteiger partial charge in [0.25, 0.3) is 5.91 Å². The molecular weight excluding hydrogens is 342 g/mol. The van der Waals surface area contributed by atoms with Crippen molar-refractivity contribution in [3.8, 4) is 0 Å². The van der Waals surface area contributed by atoms with E-state index < -0.39 is 0 Å². The van der Waals surface area contributed by atoms with Gasteiger partial charge in [0.1, 0.15) is 0 Å². The van der Waals surface area contributed by atoms with E-state index in [0.717, 1.165) is 31.5 Å². The molecule has 6 heteroatoms. The minimum atomic E-state index is -0.158. The number of hydrogen-bond acceptors (Lipinski definition) is 3. The third kappa shape index (κ3) is 4.21. The van der Waals surface area contributed by atoms with Crippen LogP contribution in [0.3, 0.4) is 0 Å². The fourth-order valence-corrected chi connectivity index (χ4v) is 3.86. The Morgan fingerprint density at radius 2 is 1.74 bits per heavy atom. The van der Waals surface area contributed by atoms with Crippen molar-refractivity contribution < 1.29 is 14.4 Å². The first-order valence-corrected chi connectivity index (χ1v) is 9.62. The summed E-state index contributed by atoms with van der Waals surface area (Å²) in [5, 5.41) is 2.97. The number of nitrogens with zero attached hydrogens (tertiary/aromatic N) is 2. The van der Waals surface area contributed by atoms with Crippen molar-refractivity contribution in [3.63, 3.8) is 0 Å². The number of rotatable bonds is 4. The van der Waals surface area contributed by atoms with E-state index in [-0.39, 0.29) is 23.6 Å². The highest BCUT2D eigenvalue weighted by atomic mass is 16.2. The van der Waals surface area contributed by atoms with Gasteiger partial charge < -0.3 is 15.1 Å². The molecule has 0 radical (unpaired) electrons. The Morgan fingerprint density at radius 3 is 2.37 bits per heavy atom. The van der Waals surface area contributed by atoms with Crippen LogP contribution in [0.15, 0.2) is 30.9 Å².